The Morgan fingerprint density at radius 1 is 1.18 bits per heavy atom. The Morgan fingerprint density at radius 2 is 1.93 bits per heavy atom. The zero-order valence-electron chi connectivity index (χ0n) is 16.1. The van der Waals surface area contributed by atoms with Crippen LogP contribution >= 0.6 is 0 Å². The van der Waals surface area contributed by atoms with E-state index >= 15 is 0 Å². The lowest BCUT2D eigenvalue weighted by Gasteiger charge is -2.32. The number of pyridine rings is 1. The van der Waals surface area contributed by atoms with Crippen LogP contribution < -0.4 is 5.32 Å². The van der Waals surface area contributed by atoms with Gasteiger partial charge in [0.25, 0.3) is 11.8 Å². The van der Waals surface area contributed by atoms with E-state index in [0.717, 1.165) is 29.6 Å². The molecule has 146 valence electrons. The standard InChI is InChI=1S/C21H24N4O3/c1-3-16-6-4-5-15(2)19(16)23-20(27)17-7-8-22-18(13-17)21(28)25-11-9-24(14-26)10-12-25/h4-8,13-14H,3,9-12H2,1-2H3,(H,23,27). The van der Waals surface area contributed by atoms with Crippen LogP contribution in [0.4, 0.5) is 5.69 Å². The molecule has 1 saturated heterocycles. The third-order valence-corrected chi connectivity index (χ3v) is 4.97. The molecule has 1 aliphatic rings. The van der Waals surface area contributed by atoms with Crippen molar-refractivity contribution >= 4 is 23.9 Å². The topological polar surface area (TPSA) is 82.6 Å². The largest absolute Gasteiger partial charge is 0.342 e. The van der Waals surface area contributed by atoms with E-state index < -0.39 is 0 Å². The Bertz CT molecular complexity index is 889. The van der Waals surface area contributed by atoms with Gasteiger partial charge < -0.3 is 15.1 Å². The summed E-state index contributed by atoms with van der Waals surface area (Å²) in [6.07, 6.45) is 3.08. The molecule has 1 N–H and O–H groups in total. The number of nitrogens with one attached hydrogen (secondary N) is 1. The van der Waals surface area contributed by atoms with Crippen LogP contribution in [0.1, 0.15) is 38.9 Å². The van der Waals surface area contributed by atoms with Crippen molar-refractivity contribution in [2.24, 2.45) is 0 Å². The first-order valence-electron chi connectivity index (χ1n) is 9.38. The molecule has 0 radical (unpaired) electrons. The summed E-state index contributed by atoms with van der Waals surface area (Å²) < 4.78 is 0. The fraction of sp³-hybridized carbons (Fsp3) is 0.333. The number of carbonyl (C=O) groups is 3. The summed E-state index contributed by atoms with van der Waals surface area (Å²) in [7, 11) is 0. The van der Waals surface area contributed by atoms with Crippen molar-refractivity contribution in [1.82, 2.24) is 14.8 Å². The number of nitrogens with zero attached hydrogens (tertiary/aromatic N) is 3. The summed E-state index contributed by atoms with van der Waals surface area (Å²) >= 11 is 0. The molecule has 1 aromatic carbocycles. The third-order valence-electron chi connectivity index (χ3n) is 4.97. The predicted molar refractivity (Wildman–Crippen MR) is 106 cm³/mol. The van der Waals surface area contributed by atoms with Gasteiger partial charge in [-0.3, -0.25) is 19.4 Å². The fourth-order valence-corrected chi connectivity index (χ4v) is 3.27. The number of para-hydroxylation sites is 1. The smallest absolute Gasteiger partial charge is 0.272 e. The van der Waals surface area contributed by atoms with Crippen LogP contribution in [0, 0.1) is 6.92 Å². The van der Waals surface area contributed by atoms with Crippen molar-refractivity contribution in [1.29, 1.82) is 0 Å². The van der Waals surface area contributed by atoms with Crippen LogP contribution in [0.2, 0.25) is 0 Å². The molecule has 28 heavy (non-hydrogen) atoms. The van der Waals surface area contributed by atoms with Gasteiger partial charge in [0, 0.05) is 43.6 Å². The Kier molecular flexibility index (Phi) is 6.03. The molecule has 0 saturated carbocycles. The molecular weight excluding hydrogens is 356 g/mol. The molecule has 3 amide bonds. The van der Waals surface area contributed by atoms with E-state index in [1.807, 2.05) is 32.0 Å². The summed E-state index contributed by atoms with van der Waals surface area (Å²) in [6.45, 7) is 5.91. The highest BCUT2D eigenvalue weighted by Crippen LogP contribution is 2.22. The van der Waals surface area contributed by atoms with Crippen molar-refractivity contribution in [3.63, 3.8) is 0 Å². The van der Waals surface area contributed by atoms with Crippen LogP contribution in [0.25, 0.3) is 0 Å². The molecule has 0 spiro atoms. The molecule has 0 unspecified atom stereocenters. The van der Waals surface area contributed by atoms with Gasteiger partial charge in [-0.15, -0.1) is 0 Å². The zero-order chi connectivity index (χ0) is 20.1. The number of rotatable bonds is 5. The lowest BCUT2D eigenvalue weighted by atomic mass is 10.1. The van der Waals surface area contributed by atoms with E-state index in [1.165, 1.54) is 12.3 Å². The summed E-state index contributed by atoms with van der Waals surface area (Å²) in [6, 6.07) is 9.03. The lowest BCUT2D eigenvalue weighted by Crippen LogP contribution is -2.48. The first-order valence-corrected chi connectivity index (χ1v) is 9.38. The SMILES string of the molecule is CCc1cccc(C)c1NC(=O)c1ccnc(C(=O)N2CCN(C=O)CC2)c1. The zero-order valence-corrected chi connectivity index (χ0v) is 16.1. The van der Waals surface area contributed by atoms with Gasteiger partial charge >= 0.3 is 0 Å². The molecule has 1 fully saturated rings. The van der Waals surface area contributed by atoms with Gasteiger partial charge in [0.1, 0.15) is 5.69 Å². The Morgan fingerprint density at radius 3 is 2.61 bits per heavy atom. The highest BCUT2D eigenvalue weighted by atomic mass is 16.2. The number of hydrogen-bond donors (Lipinski definition) is 1. The number of aryl methyl sites for hydroxylation is 2. The predicted octanol–water partition coefficient (Wildman–Crippen LogP) is 2.12. The van der Waals surface area contributed by atoms with Crippen LogP contribution in [-0.2, 0) is 11.2 Å². The maximum Gasteiger partial charge on any atom is 0.272 e. The summed E-state index contributed by atoms with van der Waals surface area (Å²) in [5.74, 6) is -0.503. The monoisotopic (exact) mass is 380 g/mol. The van der Waals surface area contributed by atoms with Crippen molar-refractivity contribution in [2.75, 3.05) is 31.5 Å². The van der Waals surface area contributed by atoms with Gasteiger partial charge in [-0.05, 0) is 36.6 Å². The normalized spacial score (nSPS) is 13.9. The number of carbonyl (C=O) groups excluding carboxylic acids is 3. The molecule has 3 rings (SSSR count). The second-order valence-corrected chi connectivity index (χ2v) is 6.78. The minimum Gasteiger partial charge on any atom is -0.342 e. The van der Waals surface area contributed by atoms with E-state index in [0.29, 0.717) is 31.7 Å². The highest BCUT2D eigenvalue weighted by Gasteiger charge is 2.23. The van der Waals surface area contributed by atoms with Gasteiger partial charge in [0.05, 0.1) is 0 Å². The molecule has 2 aromatic rings. The second kappa shape index (κ2) is 8.65. The number of anilines is 1. The highest BCUT2D eigenvalue weighted by molar-refractivity contribution is 6.06. The molecule has 7 nitrogen and oxygen atoms in total. The summed E-state index contributed by atoms with van der Waals surface area (Å²) in [4.78, 5) is 43.7. The van der Waals surface area contributed by atoms with E-state index in [9.17, 15) is 14.4 Å². The van der Waals surface area contributed by atoms with Crippen molar-refractivity contribution < 1.29 is 14.4 Å². The van der Waals surface area contributed by atoms with E-state index in [2.05, 4.69) is 10.3 Å². The van der Waals surface area contributed by atoms with Gasteiger partial charge in [-0.1, -0.05) is 25.1 Å². The Labute approximate surface area is 164 Å². The third kappa shape index (κ3) is 4.19. The molecular formula is C21H24N4O3. The average molecular weight is 380 g/mol. The Hall–Kier alpha value is -3.22. The first-order chi connectivity index (χ1) is 13.5. The molecule has 0 atom stereocenters. The van der Waals surface area contributed by atoms with E-state index in [4.69, 9.17) is 0 Å². The maximum absolute atomic E-state index is 12.8. The minimum absolute atomic E-state index is 0.229. The van der Waals surface area contributed by atoms with Crippen molar-refractivity contribution in [3.05, 3.63) is 58.9 Å². The molecule has 1 aliphatic heterocycles. The van der Waals surface area contributed by atoms with Crippen LogP contribution in [0.5, 0.6) is 0 Å². The molecule has 1 aromatic heterocycles. The average Bonchev–Trinajstić information content (AvgIpc) is 2.74. The molecule has 7 heteroatoms. The quantitative estimate of drug-likeness (QED) is 0.806. The lowest BCUT2D eigenvalue weighted by molar-refractivity contribution is -0.119. The fourth-order valence-electron chi connectivity index (χ4n) is 3.27. The van der Waals surface area contributed by atoms with Gasteiger partial charge in [-0.25, -0.2) is 0 Å². The van der Waals surface area contributed by atoms with Gasteiger partial charge in [0.15, 0.2) is 0 Å². The maximum atomic E-state index is 12.8. The second-order valence-electron chi connectivity index (χ2n) is 6.78. The molecule has 2 heterocycles. The first kappa shape index (κ1) is 19.5. The van der Waals surface area contributed by atoms with Gasteiger partial charge in [-0.2, -0.15) is 0 Å². The summed E-state index contributed by atoms with van der Waals surface area (Å²) in [5.41, 5.74) is 3.48. The number of hydrogen-bond acceptors (Lipinski definition) is 4. The number of aromatic nitrogens is 1. The number of amides is 3. The van der Waals surface area contributed by atoms with Gasteiger partial charge in [0.2, 0.25) is 6.41 Å². The molecule has 0 aliphatic carbocycles. The molecule has 0 bridgehead atoms. The number of piperazine rings is 1. The Balaban J connectivity index is 1.75. The van der Waals surface area contributed by atoms with Crippen LogP contribution in [0.15, 0.2) is 36.5 Å². The van der Waals surface area contributed by atoms with Crippen LogP contribution in [-0.4, -0.2) is 59.2 Å². The van der Waals surface area contributed by atoms with Crippen LogP contribution in [0.3, 0.4) is 0 Å². The van der Waals surface area contributed by atoms with Crippen molar-refractivity contribution in [3.8, 4) is 0 Å². The van der Waals surface area contributed by atoms with Crippen molar-refractivity contribution in [2.45, 2.75) is 20.3 Å². The van der Waals surface area contributed by atoms with E-state index in [1.54, 1.807) is 15.9 Å². The number of benzene rings is 1. The summed E-state index contributed by atoms with van der Waals surface area (Å²) in [5, 5.41) is 2.97. The van der Waals surface area contributed by atoms with E-state index in [-0.39, 0.29) is 17.5 Å². The minimum atomic E-state index is -0.272.